The quantitative estimate of drug-likeness (QED) is 0.490. The van der Waals surface area contributed by atoms with E-state index < -0.39 is 9.84 Å². The van der Waals surface area contributed by atoms with Gasteiger partial charge in [-0.1, -0.05) is 42.5 Å². The fourth-order valence-electron chi connectivity index (χ4n) is 3.65. The third kappa shape index (κ3) is 3.27. The van der Waals surface area contributed by atoms with Crippen LogP contribution in [-0.2, 0) is 16.3 Å². The van der Waals surface area contributed by atoms with Gasteiger partial charge < -0.3 is 9.72 Å². The smallest absolute Gasteiger partial charge is 0.183 e. The number of aromatic amines is 1. The van der Waals surface area contributed by atoms with Crippen molar-refractivity contribution in [1.82, 2.24) is 4.98 Å². The first-order valence-electron chi connectivity index (χ1n) is 9.30. The molecule has 4 nitrogen and oxygen atoms in total. The average molecular weight is 393 g/mol. The Kier molecular flexibility index (Phi) is 4.85. The standard InChI is InChI=1S/C23H22NO3S/c1-3-27-22-12-13-23(20-10-5-4-9-19(20)22)28(25,26)15-14-17-16(2)24-21-11-7-6-8-18(17)21/h4-13,15,24H,3,14H2,1-2H3. The molecule has 0 aliphatic heterocycles. The van der Waals surface area contributed by atoms with Crippen molar-refractivity contribution in [3.8, 4) is 5.75 Å². The van der Waals surface area contributed by atoms with Crippen LogP contribution in [0, 0.1) is 12.7 Å². The number of nitrogens with one attached hydrogen (secondary N) is 1. The fourth-order valence-corrected chi connectivity index (χ4v) is 4.96. The van der Waals surface area contributed by atoms with E-state index in [-0.39, 0.29) is 0 Å². The molecule has 0 atom stereocenters. The van der Waals surface area contributed by atoms with Crippen molar-refractivity contribution in [3.63, 3.8) is 0 Å². The maximum Gasteiger partial charge on any atom is 0.183 e. The molecule has 1 N–H and O–H groups in total. The van der Waals surface area contributed by atoms with Crippen LogP contribution >= 0.6 is 0 Å². The monoisotopic (exact) mass is 392 g/mol. The summed E-state index contributed by atoms with van der Waals surface area (Å²) in [5.41, 5.74) is 3.02. The summed E-state index contributed by atoms with van der Waals surface area (Å²) < 4.78 is 32.0. The minimum absolute atomic E-state index is 0.309. The summed E-state index contributed by atoms with van der Waals surface area (Å²) in [6, 6.07) is 18.8. The molecule has 0 fully saturated rings. The van der Waals surface area contributed by atoms with Gasteiger partial charge in [-0.3, -0.25) is 0 Å². The Labute approximate surface area is 165 Å². The molecular weight excluding hydrogens is 370 g/mol. The molecule has 4 aromatic rings. The normalized spacial score (nSPS) is 11.9. The summed E-state index contributed by atoms with van der Waals surface area (Å²) in [5, 5.41) is 2.55. The van der Waals surface area contributed by atoms with Crippen molar-refractivity contribution in [1.29, 1.82) is 0 Å². The number of hydrogen-bond donors (Lipinski definition) is 1. The van der Waals surface area contributed by atoms with E-state index in [1.165, 1.54) is 5.75 Å². The number of hydrogen-bond acceptors (Lipinski definition) is 3. The Morgan fingerprint density at radius 3 is 2.36 bits per heavy atom. The first-order valence-corrected chi connectivity index (χ1v) is 10.8. The summed E-state index contributed by atoms with van der Waals surface area (Å²) in [6.07, 6.45) is 0.347. The molecule has 1 aromatic heterocycles. The van der Waals surface area contributed by atoms with E-state index in [0.717, 1.165) is 27.5 Å². The van der Waals surface area contributed by atoms with Crippen molar-refractivity contribution >= 4 is 31.5 Å². The summed E-state index contributed by atoms with van der Waals surface area (Å²) in [6.45, 7) is 4.42. The molecule has 0 saturated carbocycles. The Morgan fingerprint density at radius 1 is 0.929 bits per heavy atom. The molecule has 28 heavy (non-hydrogen) atoms. The Hall–Kier alpha value is -2.79. The maximum atomic E-state index is 13.2. The molecule has 0 spiro atoms. The minimum atomic E-state index is -3.57. The number of para-hydroxylation sites is 1. The minimum Gasteiger partial charge on any atom is -0.493 e. The number of benzene rings is 3. The molecule has 1 heterocycles. The SMILES string of the molecule is CCOc1ccc(S(=O)(=O)[CH]Cc2c(C)[nH]c3ccccc23)c2ccccc12. The zero-order valence-electron chi connectivity index (χ0n) is 15.9. The van der Waals surface area contributed by atoms with Gasteiger partial charge in [-0.05, 0) is 44.0 Å². The average Bonchev–Trinajstić information content (AvgIpc) is 3.02. The highest BCUT2D eigenvalue weighted by Gasteiger charge is 2.21. The zero-order chi connectivity index (χ0) is 19.7. The van der Waals surface area contributed by atoms with Gasteiger partial charge in [0.05, 0.1) is 17.3 Å². The third-order valence-corrected chi connectivity index (χ3v) is 6.56. The molecule has 0 amide bonds. The van der Waals surface area contributed by atoms with Crippen LogP contribution in [0.1, 0.15) is 18.2 Å². The van der Waals surface area contributed by atoms with E-state index in [9.17, 15) is 8.42 Å². The van der Waals surface area contributed by atoms with Gasteiger partial charge in [-0.15, -0.1) is 0 Å². The van der Waals surface area contributed by atoms with Crippen LogP contribution in [0.25, 0.3) is 21.7 Å². The van der Waals surface area contributed by atoms with Crippen molar-refractivity contribution < 1.29 is 13.2 Å². The van der Waals surface area contributed by atoms with E-state index in [1.54, 1.807) is 12.1 Å². The third-order valence-electron chi connectivity index (χ3n) is 4.98. The van der Waals surface area contributed by atoms with Gasteiger partial charge in [-0.2, -0.15) is 0 Å². The zero-order valence-corrected chi connectivity index (χ0v) is 16.7. The van der Waals surface area contributed by atoms with Gasteiger partial charge in [0.15, 0.2) is 9.84 Å². The number of aromatic nitrogens is 1. The van der Waals surface area contributed by atoms with Crippen LogP contribution < -0.4 is 4.74 Å². The van der Waals surface area contributed by atoms with E-state index in [1.807, 2.05) is 62.4 Å². The highest BCUT2D eigenvalue weighted by Crippen LogP contribution is 2.33. The predicted molar refractivity (Wildman–Crippen MR) is 113 cm³/mol. The summed E-state index contributed by atoms with van der Waals surface area (Å²) in [4.78, 5) is 3.63. The van der Waals surface area contributed by atoms with Crippen LogP contribution in [0.4, 0.5) is 0 Å². The Bertz CT molecular complexity index is 1260. The second-order valence-corrected chi connectivity index (χ2v) is 8.59. The first-order chi connectivity index (χ1) is 13.5. The molecular formula is C23H22NO3S. The molecule has 0 aliphatic carbocycles. The number of fused-ring (bicyclic) bond motifs is 2. The second-order valence-electron chi connectivity index (χ2n) is 6.73. The highest BCUT2D eigenvalue weighted by atomic mass is 32.2. The molecule has 0 saturated heterocycles. The maximum absolute atomic E-state index is 13.2. The first kappa shape index (κ1) is 18.6. The molecule has 0 unspecified atom stereocenters. The molecule has 5 heteroatoms. The summed E-state index contributed by atoms with van der Waals surface area (Å²) in [7, 11) is -3.57. The Morgan fingerprint density at radius 2 is 1.61 bits per heavy atom. The number of sulfone groups is 1. The van der Waals surface area contributed by atoms with Crippen molar-refractivity contribution in [2.75, 3.05) is 6.61 Å². The van der Waals surface area contributed by atoms with Crippen LogP contribution in [0.2, 0.25) is 0 Å². The van der Waals surface area contributed by atoms with Crippen molar-refractivity contribution in [2.45, 2.75) is 25.2 Å². The lowest BCUT2D eigenvalue weighted by Crippen LogP contribution is -2.05. The van der Waals surface area contributed by atoms with Crippen LogP contribution in [0.5, 0.6) is 5.75 Å². The van der Waals surface area contributed by atoms with Crippen molar-refractivity contribution in [2.24, 2.45) is 0 Å². The lowest BCUT2D eigenvalue weighted by Gasteiger charge is -2.12. The van der Waals surface area contributed by atoms with Gasteiger partial charge in [0, 0.05) is 27.4 Å². The largest absolute Gasteiger partial charge is 0.493 e. The molecule has 1 radical (unpaired) electrons. The molecule has 3 aromatic carbocycles. The Balaban J connectivity index is 1.71. The molecule has 143 valence electrons. The summed E-state index contributed by atoms with van der Waals surface area (Å²) >= 11 is 0. The molecule has 0 aliphatic rings. The number of aryl methyl sites for hydroxylation is 1. The number of rotatable bonds is 6. The van der Waals surface area contributed by atoms with Gasteiger partial charge >= 0.3 is 0 Å². The van der Waals surface area contributed by atoms with Gasteiger partial charge in [0.25, 0.3) is 0 Å². The number of ether oxygens (including phenoxy) is 1. The summed E-state index contributed by atoms with van der Waals surface area (Å²) in [5.74, 6) is 2.11. The number of H-pyrrole nitrogens is 1. The van der Waals surface area contributed by atoms with E-state index in [0.29, 0.717) is 29.1 Å². The molecule has 0 bridgehead atoms. The van der Waals surface area contributed by atoms with Gasteiger partial charge in [0.2, 0.25) is 0 Å². The lowest BCUT2D eigenvalue weighted by molar-refractivity contribution is 0.344. The topological polar surface area (TPSA) is 59.2 Å². The fraction of sp³-hybridized carbons (Fsp3) is 0.174. The van der Waals surface area contributed by atoms with Crippen LogP contribution in [0.15, 0.2) is 65.6 Å². The van der Waals surface area contributed by atoms with E-state index in [4.69, 9.17) is 4.74 Å². The van der Waals surface area contributed by atoms with Crippen LogP contribution in [-0.4, -0.2) is 20.0 Å². The van der Waals surface area contributed by atoms with Gasteiger partial charge in [-0.25, -0.2) is 8.42 Å². The highest BCUT2D eigenvalue weighted by molar-refractivity contribution is 7.93. The van der Waals surface area contributed by atoms with Crippen LogP contribution in [0.3, 0.4) is 0 Å². The predicted octanol–water partition coefficient (Wildman–Crippen LogP) is 5.21. The lowest BCUT2D eigenvalue weighted by atomic mass is 10.1. The van der Waals surface area contributed by atoms with E-state index >= 15 is 0 Å². The van der Waals surface area contributed by atoms with Gasteiger partial charge in [0.1, 0.15) is 5.75 Å². The van der Waals surface area contributed by atoms with E-state index in [2.05, 4.69) is 4.98 Å². The molecule has 4 rings (SSSR count). The van der Waals surface area contributed by atoms with Crippen molar-refractivity contribution in [3.05, 3.63) is 77.7 Å². The second kappa shape index (κ2) is 7.32.